The zero-order chi connectivity index (χ0) is 19.3. The molecule has 5 heteroatoms. The number of nitrogens with zero attached hydrogens (tertiary/aromatic N) is 2. The van der Waals surface area contributed by atoms with E-state index in [0.717, 1.165) is 35.9 Å². The lowest BCUT2D eigenvalue weighted by molar-refractivity contribution is -0.131. The number of carbonyl (C=O) groups excluding carboxylic acids is 1. The van der Waals surface area contributed by atoms with E-state index in [4.69, 9.17) is 4.42 Å². The van der Waals surface area contributed by atoms with Crippen molar-refractivity contribution in [2.45, 2.75) is 12.8 Å². The Kier molecular flexibility index (Phi) is 5.33. The second kappa shape index (κ2) is 8.21. The third-order valence-electron chi connectivity index (χ3n) is 5.16. The van der Waals surface area contributed by atoms with Crippen molar-refractivity contribution in [2.75, 3.05) is 31.1 Å². The van der Waals surface area contributed by atoms with Gasteiger partial charge in [0.25, 0.3) is 0 Å². The quantitative estimate of drug-likeness (QED) is 0.733. The summed E-state index contributed by atoms with van der Waals surface area (Å²) in [6.45, 7) is 2.78. The number of aryl methyl sites for hydroxylation is 1. The SMILES string of the molecule is O=C(CCc1ccc(-c2ccccc2)o1)N1CCN(c2ccccc2O)CC1. The molecule has 0 unspecified atom stereocenters. The Labute approximate surface area is 164 Å². The number of hydrogen-bond donors (Lipinski definition) is 1. The smallest absolute Gasteiger partial charge is 0.223 e. The van der Waals surface area contributed by atoms with Gasteiger partial charge in [0.05, 0.1) is 5.69 Å². The van der Waals surface area contributed by atoms with E-state index in [0.29, 0.717) is 25.9 Å². The molecule has 1 aromatic heterocycles. The average molecular weight is 376 g/mol. The van der Waals surface area contributed by atoms with Crippen LogP contribution in [0.3, 0.4) is 0 Å². The van der Waals surface area contributed by atoms with Crippen molar-refractivity contribution < 1.29 is 14.3 Å². The average Bonchev–Trinajstić information content (AvgIpc) is 3.22. The lowest BCUT2D eigenvalue weighted by Crippen LogP contribution is -2.48. The van der Waals surface area contributed by atoms with E-state index in [1.807, 2.05) is 65.6 Å². The Morgan fingerprint density at radius 3 is 2.36 bits per heavy atom. The molecule has 28 heavy (non-hydrogen) atoms. The van der Waals surface area contributed by atoms with Gasteiger partial charge in [-0.1, -0.05) is 42.5 Å². The minimum absolute atomic E-state index is 0.148. The molecule has 1 aliphatic rings. The van der Waals surface area contributed by atoms with Gasteiger partial charge < -0.3 is 19.3 Å². The molecule has 0 bridgehead atoms. The molecule has 1 fully saturated rings. The highest BCUT2D eigenvalue weighted by atomic mass is 16.3. The van der Waals surface area contributed by atoms with Crippen LogP contribution in [0.25, 0.3) is 11.3 Å². The maximum absolute atomic E-state index is 12.6. The van der Waals surface area contributed by atoms with Gasteiger partial charge in [0, 0.05) is 44.6 Å². The molecule has 2 aromatic carbocycles. The van der Waals surface area contributed by atoms with E-state index in [1.165, 1.54) is 0 Å². The number of piperazine rings is 1. The summed E-state index contributed by atoms with van der Waals surface area (Å²) in [4.78, 5) is 16.6. The largest absolute Gasteiger partial charge is 0.506 e. The zero-order valence-electron chi connectivity index (χ0n) is 15.8. The second-order valence-electron chi connectivity index (χ2n) is 6.99. The molecule has 1 saturated heterocycles. The van der Waals surface area contributed by atoms with Crippen molar-refractivity contribution in [3.63, 3.8) is 0 Å². The monoisotopic (exact) mass is 376 g/mol. The Balaban J connectivity index is 1.28. The van der Waals surface area contributed by atoms with Crippen LogP contribution in [0.15, 0.2) is 71.1 Å². The first kappa shape index (κ1) is 18.2. The lowest BCUT2D eigenvalue weighted by Gasteiger charge is -2.36. The predicted molar refractivity (Wildman–Crippen MR) is 109 cm³/mol. The summed E-state index contributed by atoms with van der Waals surface area (Å²) in [6, 6.07) is 21.2. The molecule has 1 amide bonds. The summed E-state index contributed by atoms with van der Waals surface area (Å²) >= 11 is 0. The van der Waals surface area contributed by atoms with E-state index in [9.17, 15) is 9.90 Å². The summed E-state index contributed by atoms with van der Waals surface area (Å²) in [6.07, 6.45) is 1.05. The number of furan rings is 1. The Hall–Kier alpha value is -3.21. The molecule has 4 rings (SSSR count). The zero-order valence-corrected chi connectivity index (χ0v) is 15.8. The molecule has 0 spiro atoms. The maximum Gasteiger partial charge on any atom is 0.223 e. The molecular weight excluding hydrogens is 352 g/mol. The van der Waals surface area contributed by atoms with Crippen LogP contribution in [0.1, 0.15) is 12.2 Å². The van der Waals surface area contributed by atoms with Crippen LogP contribution >= 0.6 is 0 Å². The summed E-state index contributed by atoms with van der Waals surface area (Å²) in [5, 5.41) is 10.00. The third kappa shape index (κ3) is 4.03. The van der Waals surface area contributed by atoms with E-state index >= 15 is 0 Å². The highest BCUT2D eigenvalue weighted by Crippen LogP contribution is 2.27. The minimum Gasteiger partial charge on any atom is -0.506 e. The minimum atomic E-state index is 0.148. The van der Waals surface area contributed by atoms with Crippen LogP contribution in [0, 0.1) is 0 Å². The number of benzene rings is 2. The maximum atomic E-state index is 12.6. The van der Waals surface area contributed by atoms with Gasteiger partial charge >= 0.3 is 0 Å². The molecule has 1 N–H and O–H groups in total. The lowest BCUT2D eigenvalue weighted by atomic mass is 10.2. The topological polar surface area (TPSA) is 56.9 Å². The van der Waals surface area contributed by atoms with Gasteiger partial charge in [0.15, 0.2) is 0 Å². The van der Waals surface area contributed by atoms with Crippen molar-refractivity contribution in [3.05, 3.63) is 72.5 Å². The summed E-state index contributed by atoms with van der Waals surface area (Å²) in [5.41, 5.74) is 1.87. The molecule has 3 aromatic rings. The number of para-hydroxylation sites is 2. The summed E-state index contributed by atoms with van der Waals surface area (Å²) in [7, 11) is 0. The normalized spacial score (nSPS) is 14.3. The van der Waals surface area contributed by atoms with E-state index in [2.05, 4.69) is 4.90 Å². The third-order valence-corrected chi connectivity index (χ3v) is 5.16. The van der Waals surface area contributed by atoms with Crippen LogP contribution in [-0.4, -0.2) is 42.1 Å². The summed E-state index contributed by atoms with van der Waals surface area (Å²) in [5.74, 6) is 2.10. The number of hydrogen-bond acceptors (Lipinski definition) is 4. The van der Waals surface area contributed by atoms with E-state index in [-0.39, 0.29) is 11.7 Å². The highest BCUT2D eigenvalue weighted by molar-refractivity contribution is 5.77. The standard InChI is InChI=1S/C23H24N2O3/c26-21-9-5-4-8-20(21)24-14-16-25(17-15-24)23(27)13-11-19-10-12-22(28-19)18-6-2-1-3-7-18/h1-10,12,26H,11,13-17H2. The van der Waals surface area contributed by atoms with E-state index in [1.54, 1.807) is 6.07 Å². The molecule has 5 nitrogen and oxygen atoms in total. The number of phenols is 1. The van der Waals surface area contributed by atoms with Gasteiger partial charge in [-0.05, 0) is 24.3 Å². The molecular formula is C23H24N2O3. The Morgan fingerprint density at radius 1 is 0.893 bits per heavy atom. The predicted octanol–water partition coefficient (Wildman–Crippen LogP) is 3.93. The first-order valence-electron chi connectivity index (χ1n) is 9.65. The van der Waals surface area contributed by atoms with Gasteiger partial charge in [-0.25, -0.2) is 0 Å². The Bertz CT molecular complexity index is 928. The number of anilines is 1. The number of rotatable bonds is 5. The molecule has 0 radical (unpaired) electrons. The Morgan fingerprint density at radius 2 is 1.61 bits per heavy atom. The van der Waals surface area contributed by atoms with Crippen molar-refractivity contribution in [3.8, 4) is 17.1 Å². The van der Waals surface area contributed by atoms with Crippen LogP contribution in [0.4, 0.5) is 5.69 Å². The molecule has 0 atom stereocenters. The number of amides is 1. The van der Waals surface area contributed by atoms with E-state index < -0.39 is 0 Å². The van der Waals surface area contributed by atoms with Crippen molar-refractivity contribution >= 4 is 11.6 Å². The fourth-order valence-corrected chi connectivity index (χ4v) is 3.59. The van der Waals surface area contributed by atoms with Gasteiger partial charge in [-0.2, -0.15) is 0 Å². The van der Waals surface area contributed by atoms with Gasteiger partial charge in [0.1, 0.15) is 17.3 Å². The number of phenolic OH excluding ortho intramolecular Hbond substituents is 1. The van der Waals surface area contributed by atoms with Crippen molar-refractivity contribution in [1.82, 2.24) is 4.90 Å². The molecule has 144 valence electrons. The molecule has 0 saturated carbocycles. The number of carbonyl (C=O) groups is 1. The molecule has 0 aliphatic carbocycles. The van der Waals surface area contributed by atoms with Crippen LogP contribution < -0.4 is 4.90 Å². The van der Waals surface area contributed by atoms with Crippen molar-refractivity contribution in [1.29, 1.82) is 0 Å². The fraction of sp³-hybridized carbons (Fsp3) is 0.261. The van der Waals surface area contributed by atoms with Gasteiger partial charge in [-0.15, -0.1) is 0 Å². The van der Waals surface area contributed by atoms with Crippen LogP contribution in [0.2, 0.25) is 0 Å². The number of aromatic hydroxyl groups is 1. The molecule has 1 aliphatic heterocycles. The highest BCUT2D eigenvalue weighted by Gasteiger charge is 2.22. The van der Waals surface area contributed by atoms with Gasteiger partial charge in [0.2, 0.25) is 5.91 Å². The van der Waals surface area contributed by atoms with Crippen LogP contribution in [0.5, 0.6) is 5.75 Å². The fourth-order valence-electron chi connectivity index (χ4n) is 3.59. The first-order valence-corrected chi connectivity index (χ1v) is 9.65. The van der Waals surface area contributed by atoms with Crippen molar-refractivity contribution in [2.24, 2.45) is 0 Å². The molecule has 2 heterocycles. The van der Waals surface area contributed by atoms with Gasteiger partial charge in [-0.3, -0.25) is 4.79 Å². The first-order chi connectivity index (χ1) is 13.7. The second-order valence-corrected chi connectivity index (χ2v) is 6.99. The van der Waals surface area contributed by atoms with Crippen LogP contribution in [-0.2, 0) is 11.2 Å². The summed E-state index contributed by atoms with van der Waals surface area (Å²) < 4.78 is 5.89.